The van der Waals surface area contributed by atoms with Crippen LogP contribution in [0.25, 0.3) is 0 Å². The van der Waals surface area contributed by atoms with Crippen molar-refractivity contribution in [2.75, 3.05) is 19.0 Å². The summed E-state index contributed by atoms with van der Waals surface area (Å²) in [6.45, 7) is 3.61. The van der Waals surface area contributed by atoms with Crippen molar-refractivity contribution in [1.82, 2.24) is 5.43 Å². The predicted octanol–water partition coefficient (Wildman–Crippen LogP) is 2.82. The highest BCUT2D eigenvalue weighted by Gasteiger charge is 2.13. The predicted molar refractivity (Wildman–Crippen MR) is 100.0 cm³/mol. The van der Waals surface area contributed by atoms with Crippen LogP contribution in [-0.4, -0.2) is 31.7 Å². The van der Waals surface area contributed by atoms with Gasteiger partial charge in [-0.25, -0.2) is 5.43 Å². The SMILES string of the molecule is CCOc1cc(NC(C)=O)ccc1C(=O)NN=Cc1ccc(OC)cc1. The lowest BCUT2D eigenvalue weighted by molar-refractivity contribution is -0.114. The second kappa shape index (κ2) is 9.22. The van der Waals surface area contributed by atoms with Gasteiger partial charge >= 0.3 is 0 Å². The normalized spacial score (nSPS) is 10.4. The first-order chi connectivity index (χ1) is 12.5. The second-order valence-corrected chi connectivity index (χ2v) is 5.30. The van der Waals surface area contributed by atoms with E-state index in [1.165, 1.54) is 13.1 Å². The van der Waals surface area contributed by atoms with Crippen LogP contribution in [0.15, 0.2) is 47.6 Å². The number of nitrogens with one attached hydrogen (secondary N) is 2. The van der Waals surface area contributed by atoms with E-state index in [9.17, 15) is 9.59 Å². The molecule has 0 atom stereocenters. The van der Waals surface area contributed by atoms with Gasteiger partial charge in [-0.1, -0.05) is 0 Å². The van der Waals surface area contributed by atoms with Gasteiger partial charge in [0.25, 0.3) is 5.91 Å². The number of carbonyl (C=O) groups is 2. The fraction of sp³-hybridized carbons (Fsp3) is 0.211. The van der Waals surface area contributed by atoms with Gasteiger partial charge in [0, 0.05) is 18.7 Å². The molecule has 2 aromatic carbocycles. The topological polar surface area (TPSA) is 89.0 Å². The van der Waals surface area contributed by atoms with E-state index in [1.807, 2.05) is 19.1 Å². The number of amides is 2. The highest BCUT2D eigenvalue weighted by molar-refractivity contribution is 5.98. The Morgan fingerprint density at radius 1 is 1.15 bits per heavy atom. The van der Waals surface area contributed by atoms with E-state index in [0.29, 0.717) is 23.6 Å². The van der Waals surface area contributed by atoms with Gasteiger partial charge in [-0.2, -0.15) is 5.10 Å². The number of ether oxygens (including phenoxy) is 2. The molecule has 7 nitrogen and oxygen atoms in total. The van der Waals surface area contributed by atoms with Crippen LogP contribution in [0, 0.1) is 0 Å². The summed E-state index contributed by atoms with van der Waals surface area (Å²) in [6.07, 6.45) is 1.53. The largest absolute Gasteiger partial charge is 0.497 e. The lowest BCUT2D eigenvalue weighted by Crippen LogP contribution is -2.19. The molecule has 0 aliphatic carbocycles. The monoisotopic (exact) mass is 355 g/mol. The average Bonchev–Trinajstić information content (AvgIpc) is 2.62. The Balaban J connectivity index is 2.09. The van der Waals surface area contributed by atoms with Crippen molar-refractivity contribution in [2.24, 2.45) is 5.10 Å². The van der Waals surface area contributed by atoms with E-state index in [4.69, 9.17) is 9.47 Å². The van der Waals surface area contributed by atoms with Crippen molar-refractivity contribution in [3.63, 3.8) is 0 Å². The Hall–Kier alpha value is -3.35. The number of carbonyl (C=O) groups excluding carboxylic acids is 2. The standard InChI is InChI=1S/C19H21N3O4/c1-4-26-18-11-15(21-13(2)23)7-10-17(18)19(24)22-20-12-14-5-8-16(25-3)9-6-14/h5-12H,4H2,1-3H3,(H,21,23)(H,22,24). The lowest BCUT2D eigenvalue weighted by Gasteiger charge is -2.11. The van der Waals surface area contributed by atoms with Gasteiger partial charge in [0.15, 0.2) is 0 Å². The molecule has 0 radical (unpaired) electrons. The number of hydrogen-bond donors (Lipinski definition) is 2. The van der Waals surface area contributed by atoms with E-state index in [0.717, 1.165) is 11.3 Å². The molecule has 0 spiro atoms. The molecular formula is C19H21N3O4. The number of nitrogens with zero attached hydrogens (tertiary/aromatic N) is 1. The minimum absolute atomic E-state index is 0.200. The van der Waals surface area contributed by atoms with Gasteiger partial charge in [0.1, 0.15) is 11.5 Å². The van der Waals surface area contributed by atoms with Crippen molar-refractivity contribution in [1.29, 1.82) is 0 Å². The van der Waals surface area contributed by atoms with E-state index in [-0.39, 0.29) is 5.91 Å². The first-order valence-electron chi connectivity index (χ1n) is 8.05. The second-order valence-electron chi connectivity index (χ2n) is 5.30. The molecule has 26 heavy (non-hydrogen) atoms. The molecule has 0 bridgehead atoms. The van der Waals surface area contributed by atoms with Crippen LogP contribution in [0.5, 0.6) is 11.5 Å². The molecule has 0 unspecified atom stereocenters. The maximum Gasteiger partial charge on any atom is 0.275 e. The van der Waals surface area contributed by atoms with E-state index >= 15 is 0 Å². The molecule has 0 aliphatic rings. The third-order valence-electron chi connectivity index (χ3n) is 3.34. The number of anilines is 1. The molecule has 0 saturated heterocycles. The summed E-state index contributed by atoms with van der Waals surface area (Å²) >= 11 is 0. The van der Waals surface area contributed by atoms with E-state index < -0.39 is 5.91 Å². The summed E-state index contributed by atoms with van der Waals surface area (Å²) in [5.41, 5.74) is 4.17. The van der Waals surface area contributed by atoms with Crippen molar-refractivity contribution in [2.45, 2.75) is 13.8 Å². The van der Waals surface area contributed by atoms with Crippen LogP contribution in [0.4, 0.5) is 5.69 Å². The van der Waals surface area contributed by atoms with Gasteiger partial charge < -0.3 is 14.8 Å². The maximum atomic E-state index is 12.4. The zero-order valence-corrected chi connectivity index (χ0v) is 14.9. The molecule has 2 aromatic rings. The molecule has 0 heterocycles. The highest BCUT2D eigenvalue weighted by Crippen LogP contribution is 2.23. The average molecular weight is 355 g/mol. The Morgan fingerprint density at radius 2 is 1.88 bits per heavy atom. The molecule has 7 heteroatoms. The minimum Gasteiger partial charge on any atom is -0.497 e. The smallest absolute Gasteiger partial charge is 0.275 e. The van der Waals surface area contributed by atoms with Crippen LogP contribution in [0.1, 0.15) is 29.8 Å². The minimum atomic E-state index is -0.410. The fourth-order valence-corrected chi connectivity index (χ4v) is 2.18. The zero-order chi connectivity index (χ0) is 18.9. The first-order valence-corrected chi connectivity index (χ1v) is 8.05. The molecule has 0 aromatic heterocycles. The highest BCUT2D eigenvalue weighted by atomic mass is 16.5. The molecule has 136 valence electrons. The Morgan fingerprint density at radius 3 is 2.50 bits per heavy atom. The quantitative estimate of drug-likeness (QED) is 0.590. The van der Waals surface area contributed by atoms with Gasteiger partial charge in [0.05, 0.1) is 25.5 Å². The van der Waals surface area contributed by atoms with Gasteiger partial charge in [0.2, 0.25) is 5.91 Å². The molecule has 0 saturated carbocycles. The number of rotatable bonds is 7. The summed E-state index contributed by atoms with van der Waals surface area (Å²) in [5, 5.41) is 6.61. The molecule has 2 amide bonds. The van der Waals surface area contributed by atoms with Gasteiger partial charge in [-0.05, 0) is 48.9 Å². The summed E-state index contributed by atoms with van der Waals surface area (Å²) in [5.74, 6) is 0.504. The Bertz CT molecular complexity index is 801. The summed E-state index contributed by atoms with van der Waals surface area (Å²) in [6, 6.07) is 12.1. The zero-order valence-electron chi connectivity index (χ0n) is 14.9. The van der Waals surface area contributed by atoms with Crippen molar-refractivity contribution >= 4 is 23.7 Å². The van der Waals surface area contributed by atoms with Crippen molar-refractivity contribution < 1.29 is 19.1 Å². The number of benzene rings is 2. The van der Waals surface area contributed by atoms with E-state index in [1.54, 1.807) is 37.4 Å². The third-order valence-corrected chi connectivity index (χ3v) is 3.34. The molecule has 0 aliphatic heterocycles. The number of hydrazone groups is 1. The maximum absolute atomic E-state index is 12.4. The first kappa shape index (κ1) is 19.0. The van der Waals surface area contributed by atoms with Crippen molar-refractivity contribution in [3.05, 3.63) is 53.6 Å². The Labute approximate surface area is 152 Å². The van der Waals surface area contributed by atoms with Crippen LogP contribution < -0.4 is 20.2 Å². The summed E-state index contributed by atoms with van der Waals surface area (Å²) in [7, 11) is 1.59. The molecule has 0 fully saturated rings. The lowest BCUT2D eigenvalue weighted by atomic mass is 10.1. The third kappa shape index (κ3) is 5.34. The molecule has 2 rings (SSSR count). The van der Waals surface area contributed by atoms with Crippen LogP contribution in [0.2, 0.25) is 0 Å². The van der Waals surface area contributed by atoms with Gasteiger partial charge in [-0.3, -0.25) is 9.59 Å². The fourth-order valence-electron chi connectivity index (χ4n) is 2.18. The summed E-state index contributed by atoms with van der Waals surface area (Å²) in [4.78, 5) is 23.5. The number of methoxy groups -OCH3 is 1. The number of hydrogen-bond acceptors (Lipinski definition) is 5. The van der Waals surface area contributed by atoms with Crippen LogP contribution in [0.3, 0.4) is 0 Å². The summed E-state index contributed by atoms with van der Waals surface area (Å²) < 4.78 is 10.6. The molecule has 2 N–H and O–H groups in total. The molecular weight excluding hydrogens is 334 g/mol. The Kier molecular flexibility index (Phi) is 6.73. The van der Waals surface area contributed by atoms with Crippen LogP contribution >= 0.6 is 0 Å². The van der Waals surface area contributed by atoms with E-state index in [2.05, 4.69) is 15.8 Å². The van der Waals surface area contributed by atoms with Crippen LogP contribution in [-0.2, 0) is 4.79 Å². The van der Waals surface area contributed by atoms with Crippen molar-refractivity contribution in [3.8, 4) is 11.5 Å². The van der Waals surface area contributed by atoms with Gasteiger partial charge in [-0.15, -0.1) is 0 Å².